The van der Waals surface area contributed by atoms with Gasteiger partial charge in [0.15, 0.2) is 6.29 Å². The van der Waals surface area contributed by atoms with Crippen molar-refractivity contribution < 1.29 is 45.4 Å². The molecule has 10 heteroatoms. The molecule has 0 bridgehead atoms. The Morgan fingerprint density at radius 2 is 1.81 bits per heavy atom. The Morgan fingerprint density at radius 3 is 2.31 bits per heavy atom. The summed E-state index contributed by atoms with van der Waals surface area (Å²) in [4.78, 5) is 16.8. The molecule has 1 unspecified atom stereocenters. The number of aliphatic hydroxyl groups excluding tert-OH is 3. The molecule has 0 amide bonds. The van der Waals surface area contributed by atoms with Crippen molar-refractivity contribution in [2.24, 2.45) is 0 Å². The van der Waals surface area contributed by atoms with Gasteiger partial charge in [0.25, 0.3) is 0 Å². The lowest BCUT2D eigenvalue weighted by atomic mass is 10.00. The molecule has 6 N–H and O–H groups in total. The van der Waals surface area contributed by atoms with E-state index in [2.05, 4.69) is 9.26 Å². The molecule has 1 saturated heterocycles. The lowest BCUT2D eigenvalue weighted by molar-refractivity contribution is -0.285. The summed E-state index contributed by atoms with van der Waals surface area (Å²) < 4.78 is 26.0. The molecule has 0 radical (unpaired) electrons. The van der Waals surface area contributed by atoms with Crippen LogP contribution in [0.5, 0.6) is 0 Å². The summed E-state index contributed by atoms with van der Waals surface area (Å²) in [5.41, 5.74) is 0. The van der Waals surface area contributed by atoms with Crippen molar-refractivity contribution in [3.8, 4) is 0 Å². The third-order valence-corrected chi connectivity index (χ3v) is 2.46. The van der Waals surface area contributed by atoms with Gasteiger partial charge in [-0.2, -0.15) is 0 Å². The first-order chi connectivity index (χ1) is 7.55. The molecule has 1 aliphatic heterocycles. The molecule has 1 rings (SSSR count). The summed E-state index contributed by atoms with van der Waals surface area (Å²) in [7, 11) is -4.79. The van der Waals surface area contributed by atoms with E-state index in [0.717, 1.165) is 0 Å². The second kappa shape index (κ2) is 5.05. The zero-order valence-corrected chi connectivity index (χ0v) is 8.77. The van der Waals surface area contributed by atoms with Gasteiger partial charge in [-0.25, -0.2) is 4.57 Å². The number of phosphoric ester groups is 1. The van der Waals surface area contributed by atoms with Crippen LogP contribution < -0.4 is 0 Å². The lowest BCUT2D eigenvalue weighted by Crippen LogP contribution is -2.58. The molecule has 9 nitrogen and oxygen atoms in total. The van der Waals surface area contributed by atoms with E-state index in [-0.39, 0.29) is 0 Å². The number of rotatable bonds is 3. The maximum absolute atomic E-state index is 10.4. The van der Waals surface area contributed by atoms with Gasteiger partial charge in [0.1, 0.15) is 24.4 Å². The summed E-state index contributed by atoms with van der Waals surface area (Å²) in [5.74, 6) is 0. The number of phosphoric acid groups is 1. The summed E-state index contributed by atoms with van der Waals surface area (Å²) in [6.45, 7) is -0.824. The maximum atomic E-state index is 10.4. The van der Waals surface area contributed by atoms with Gasteiger partial charge >= 0.3 is 7.82 Å². The van der Waals surface area contributed by atoms with Crippen molar-refractivity contribution in [1.82, 2.24) is 0 Å². The van der Waals surface area contributed by atoms with E-state index in [1.54, 1.807) is 0 Å². The summed E-state index contributed by atoms with van der Waals surface area (Å²) >= 11 is 0. The topological polar surface area (TPSA) is 157 Å². The van der Waals surface area contributed by atoms with E-state index in [1.807, 2.05) is 0 Å². The third-order valence-electron chi connectivity index (χ3n) is 1.97. The van der Waals surface area contributed by atoms with Gasteiger partial charge in [-0.15, -0.1) is 0 Å². The van der Waals surface area contributed by atoms with Gasteiger partial charge < -0.3 is 34.9 Å². The van der Waals surface area contributed by atoms with Gasteiger partial charge in [-0.05, 0) is 0 Å². The fourth-order valence-electron chi connectivity index (χ4n) is 1.15. The number of aliphatic hydroxyl groups is 4. The zero-order chi connectivity index (χ0) is 13.4. The molecular formula is C6H13O9P. The minimum absolute atomic E-state index is 0.824. The van der Waals surface area contributed by atoms with E-state index in [1.165, 1.54) is 0 Å². The Hall–Kier alpha value is -0.0900. The molecule has 0 aromatic carbocycles. The van der Waals surface area contributed by atoms with Crippen LogP contribution in [0.1, 0.15) is 1.37 Å². The lowest BCUT2D eigenvalue weighted by Gasteiger charge is -2.38. The average molecular weight is 261 g/mol. The van der Waals surface area contributed by atoms with Crippen molar-refractivity contribution in [3.05, 3.63) is 0 Å². The third kappa shape index (κ3) is 3.45. The van der Waals surface area contributed by atoms with Crippen LogP contribution in [0, 0.1) is 0 Å². The molecule has 0 spiro atoms. The van der Waals surface area contributed by atoms with Gasteiger partial charge in [0.05, 0.1) is 7.98 Å². The Morgan fingerprint density at radius 1 is 1.25 bits per heavy atom. The van der Waals surface area contributed by atoms with Crippen molar-refractivity contribution in [3.63, 3.8) is 0 Å². The van der Waals surface area contributed by atoms with Crippen LogP contribution >= 0.6 is 7.82 Å². The fourth-order valence-corrected chi connectivity index (χ4v) is 1.49. The Kier molecular flexibility index (Phi) is 3.90. The van der Waals surface area contributed by atoms with E-state index in [0.29, 0.717) is 0 Å². The first-order valence-electron chi connectivity index (χ1n) is 4.68. The fraction of sp³-hybridized carbons (Fsp3) is 1.00. The van der Waals surface area contributed by atoms with Gasteiger partial charge in [-0.3, -0.25) is 4.52 Å². The van der Waals surface area contributed by atoms with Crippen LogP contribution in [0.2, 0.25) is 0 Å². The van der Waals surface area contributed by atoms with Crippen LogP contribution in [0.15, 0.2) is 0 Å². The van der Waals surface area contributed by atoms with E-state index in [4.69, 9.17) is 16.3 Å². The second-order valence-corrected chi connectivity index (χ2v) is 4.41. The first kappa shape index (κ1) is 12.4. The standard InChI is InChI=1S/C6H13O9P/c7-3-2(1-14-16(11,12)13)15-6(10)5(9)4(3)8/h2-10H,1H2,(H2,11,12,13)/t2-,3-,4+,5-,6?/m1/s1/i5D. The summed E-state index contributed by atoms with van der Waals surface area (Å²) in [6.07, 6.45) is -10.4. The maximum Gasteiger partial charge on any atom is 0.469 e. The average Bonchev–Trinajstić information content (AvgIpc) is 2.18. The van der Waals surface area contributed by atoms with Crippen molar-refractivity contribution in [2.75, 3.05) is 6.61 Å². The Balaban J connectivity index is 2.68. The highest BCUT2D eigenvalue weighted by Gasteiger charge is 2.43. The highest BCUT2D eigenvalue weighted by Crippen LogP contribution is 2.36. The summed E-state index contributed by atoms with van der Waals surface area (Å²) in [6, 6.07) is 0. The normalized spacial score (nSPS) is 46.5. The smallest absolute Gasteiger partial charge is 0.387 e. The Labute approximate surface area is 91.5 Å². The van der Waals surface area contributed by atoms with Crippen LogP contribution in [-0.2, 0) is 13.8 Å². The molecule has 0 aliphatic carbocycles. The molecule has 96 valence electrons. The number of hydrogen-bond acceptors (Lipinski definition) is 7. The molecule has 0 aromatic rings. The van der Waals surface area contributed by atoms with Crippen LogP contribution in [-0.4, -0.2) is 67.5 Å². The zero-order valence-electron chi connectivity index (χ0n) is 8.87. The predicted molar refractivity (Wildman–Crippen MR) is 46.9 cm³/mol. The van der Waals surface area contributed by atoms with E-state index >= 15 is 0 Å². The highest BCUT2D eigenvalue weighted by atomic mass is 31.2. The molecule has 0 aromatic heterocycles. The quantitative estimate of drug-likeness (QED) is 0.289. The van der Waals surface area contributed by atoms with E-state index in [9.17, 15) is 19.9 Å². The molecule has 1 aliphatic rings. The van der Waals surface area contributed by atoms with Crippen molar-refractivity contribution in [2.45, 2.75) is 30.7 Å². The predicted octanol–water partition coefficient (Wildman–Crippen LogP) is -3.10. The first-order valence-corrected chi connectivity index (χ1v) is 5.71. The molecule has 16 heavy (non-hydrogen) atoms. The van der Waals surface area contributed by atoms with Gasteiger partial charge in [-0.1, -0.05) is 0 Å². The number of ether oxygens (including phenoxy) is 1. The van der Waals surface area contributed by atoms with Crippen molar-refractivity contribution >= 4 is 7.82 Å². The molecule has 5 atom stereocenters. The van der Waals surface area contributed by atoms with Gasteiger partial charge in [0.2, 0.25) is 0 Å². The monoisotopic (exact) mass is 261 g/mol. The van der Waals surface area contributed by atoms with Crippen molar-refractivity contribution in [1.29, 1.82) is 0 Å². The SMILES string of the molecule is [2H][C@]1(O)C(O)O[C@H](COP(=O)(O)O)[C@@H](O)[C@@H]1O. The minimum atomic E-state index is -4.79. The molecule has 0 saturated carbocycles. The highest BCUT2D eigenvalue weighted by molar-refractivity contribution is 7.46. The Bertz CT molecular complexity index is 317. The second-order valence-electron chi connectivity index (χ2n) is 3.17. The van der Waals surface area contributed by atoms with Gasteiger partial charge in [0, 0.05) is 0 Å². The van der Waals surface area contributed by atoms with Crippen LogP contribution in [0.3, 0.4) is 0 Å². The van der Waals surface area contributed by atoms with Crippen LogP contribution in [0.25, 0.3) is 0 Å². The minimum Gasteiger partial charge on any atom is -0.387 e. The number of hydrogen-bond donors (Lipinski definition) is 6. The van der Waals surface area contributed by atoms with E-state index < -0.39 is 45.1 Å². The molecule has 1 heterocycles. The molecular weight excluding hydrogens is 247 g/mol. The van der Waals surface area contributed by atoms with Crippen LogP contribution in [0.4, 0.5) is 0 Å². The molecule has 1 fully saturated rings. The largest absolute Gasteiger partial charge is 0.469 e. The summed E-state index contributed by atoms with van der Waals surface area (Å²) in [5, 5.41) is 37.0.